The van der Waals surface area contributed by atoms with Gasteiger partial charge in [-0.1, -0.05) is 27.5 Å². The van der Waals surface area contributed by atoms with Crippen LogP contribution in [0.5, 0.6) is 11.5 Å². The highest BCUT2D eigenvalue weighted by molar-refractivity contribution is 9.10. The highest BCUT2D eigenvalue weighted by Gasteiger charge is 2.10. The number of nitrogens with zero attached hydrogens (tertiary/aromatic N) is 1. The van der Waals surface area contributed by atoms with E-state index in [4.69, 9.17) is 16.3 Å². The van der Waals surface area contributed by atoms with Crippen LogP contribution < -0.4 is 4.74 Å². The molecule has 0 bridgehead atoms. The number of non-ortho nitro benzene ring substituents is 1. The molecule has 0 spiro atoms. The van der Waals surface area contributed by atoms with Gasteiger partial charge in [0, 0.05) is 22.2 Å². The van der Waals surface area contributed by atoms with Crippen molar-refractivity contribution in [1.82, 2.24) is 0 Å². The molecule has 0 unspecified atom stereocenters. The first kappa shape index (κ1) is 14.5. The quantitative estimate of drug-likeness (QED) is 0.455. The van der Waals surface area contributed by atoms with Gasteiger partial charge < -0.3 is 4.74 Å². The molecule has 2 aromatic carbocycles. The third kappa shape index (κ3) is 3.34. The van der Waals surface area contributed by atoms with Gasteiger partial charge in [0.2, 0.25) is 0 Å². The van der Waals surface area contributed by atoms with Crippen molar-refractivity contribution in [3.63, 3.8) is 0 Å². The molecule has 0 aliphatic carbocycles. The van der Waals surface area contributed by atoms with E-state index in [1.54, 1.807) is 12.1 Å². The van der Waals surface area contributed by atoms with Gasteiger partial charge in [0.1, 0.15) is 11.5 Å². The van der Waals surface area contributed by atoms with Crippen LogP contribution in [0.1, 0.15) is 10.4 Å². The maximum absolute atomic E-state index is 10.8. The van der Waals surface area contributed by atoms with E-state index in [1.807, 2.05) is 0 Å². The Bertz CT molecular complexity index is 690. The van der Waals surface area contributed by atoms with Crippen LogP contribution in [0.25, 0.3) is 0 Å². The van der Waals surface area contributed by atoms with Crippen LogP contribution in [0, 0.1) is 10.1 Å². The Morgan fingerprint density at radius 3 is 2.55 bits per heavy atom. The molecule has 0 aromatic heterocycles. The van der Waals surface area contributed by atoms with Crippen molar-refractivity contribution in [2.24, 2.45) is 0 Å². The predicted molar refractivity (Wildman–Crippen MR) is 77.7 cm³/mol. The number of benzene rings is 2. The first-order chi connectivity index (χ1) is 9.49. The smallest absolute Gasteiger partial charge is 0.274 e. The summed E-state index contributed by atoms with van der Waals surface area (Å²) in [5.41, 5.74) is 0.254. The van der Waals surface area contributed by atoms with E-state index in [9.17, 15) is 14.9 Å². The van der Waals surface area contributed by atoms with Gasteiger partial charge in [-0.25, -0.2) is 0 Å². The van der Waals surface area contributed by atoms with E-state index in [0.717, 1.165) is 0 Å². The summed E-state index contributed by atoms with van der Waals surface area (Å²) in [4.78, 5) is 20.9. The molecule has 102 valence electrons. The minimum atomic E-state index is -0.514. The Balaban J connectivity index is 2.32. The molecule has 0 heterocycles. The van der Waals surface area contributed by atoms with Crippen LogP contribution in [0.3, 0.4) is 0 Å². The molecular formula is C13H7BrClNO4. The molecule has 0 radical (unpaired) electrons. The van der Waals surface area contributed by atoms with Crippen LogP contribution in [0.4, 0.5) is 5.69 Å². The molecule has 0 aliphatic heterocycles. The number of hydrogen-bond donors (Lipinski definition) is 0. The molecule has 0 saturated heterocycles. The Morgan fingerprint density at radius 1 is 1.20 bits per heavy atom. The van der Waals surface area contributed by atoms with Crippen molar-refractivity contribution in [3.8, 4) is 11.5 Å². The topological polar surface area (TPSA) is 69.4 Å². The highest BCUT2D eigenvalue weighted by atomic mass is 79.9. The van der Waals surface area contributed by atoms with Crippen molar-refractivity contribution < 1.29 is 14.5 Å². The van der Waals surface area contributed by atoms with E-state index >= 15 is 0 Å². The number of hydrogen-bond acceptors (Lipinski definition) is 4. The lowest BCUT2D eigenvalue weighted by Gasteiger charge is -2.07. The Labute approximate surface area is 127 Å². The summed E-state index contributed by atoms with van der Waals surface area (Å²) >= 11 is 9.06. The van der Waals surface area contributed by atoms with Crippen molar-refractivity contribution in [3.05, 3.63) is 61.6 Å². The summed E-state index contributed by atoms with van der Waals surface area (Å²) in [6.07, 6.45) is 0.635. The Kier molecular flexibility index (Phi) is 4.36. The second-order valence-corrected chi connectivity index (χ2v) is 5.13. The van der Waals surface area contributed by atoms with Gasteiger partial charge in [-0.3, -0.25) is 14.9 Å². The Morgan fingerprint density at radius 2 is 1.95 bits per heavy atom. The van der Waals surface area contributed by atoms with Gasteiger partial charge >= 0.3 is 0 Å². The number of carbonyl (C=O) groups excluding carboxylic acids is 1. The van der Waals surface area contributed by atoms with E-state index in [0.29, 0.717) is 27.8 Å². The van der Waals surface area contributed by atoms with E-state index in [1.165, 1.54) is 24.3 Å². The molecule has 0 saturated carbocycles. The lowest BCUT2D eigenvalue weighted by molar-refractivity contribution is -0.385. The fraction of sp³-hybridized carbons (Fsp3) is 0. The van der Waals surface area contributed by atoms with Gasteiger partial charge in [-0.15, -0.1) is 0 Å². The molecule has 2 rings (SSSR count). The van der Waals surface area contributed by atoms with E-state index < -0.39 is 4.92 Å². The van der Waals surface area contributed by atoms with E-state index in [-0.39, 0.29) is 10.7 Å². The van der Waals surface area contributed by atoms with Gasteiger partial charge in [-0.05, 0) is 18.2 Å². The average Bonchev–Trinajstić information content (AvgIpc) is 2.38. The maximum Gasteiger partial charge on any atom is 0.274 e. The summed E-state index contributed by atoms with van der Waals surface area (Å²) in [5.74, 6) is 0.675. The number of nitro benzene ring substituents is 1. The molecule has 5 nitrogen and oxygen atoms in total. The molecule has 2 aromatic rings. The number of aldehydes is 1. The average molecular weight is 357 g/mol. The fourth-order valence-corrected chi connectivity index (χ4v) is 2.19. The van der Waals surface area contributed by atoms with Crippen molar-refractivity contribution in [2.75, 3.05) is 0 Å². The molecule has 0 aliphatic rings. The van der Waals surface area contributed by atoms with Gasteiger partial charge in [0.25, 0.3) is 5.69 Å². The summed E-state index contributed by atoms with van der Waals surface area (Å²) in [6.45, 7) is 0. The lowest BCUT2D eigenvalue weighted by atomic mass is 10.2. The molecule has 0 fully saturated rings. The minimum Gasteiger partial charge on any atom is -0.457 e. The zero-order valence-electron chi connectivity index (χ0n) is 9.88. The second kappa shape index (κ2) is 6.02. The lowest BCUT2D eigenvalue weighted by Crippen LogP contribution is -1.91. The maximum atomic E-state index is 10.8. The van der Waals surface area contributed by atoms with Crippen molar-refractivity contribution >= 4 is 39.5 Å². The SMILES string of the molecule is O=Cc1ccc(Oc2cc(Br)cc([N+](=O)[O-])c2)cc1Cl. The number of rotatable bonds is 4. The number of carbonyl (C=O) groups is 1. The molecule has 0 atom stereocenters. The first-order valence-electron chi connectivity index (χ1n) is 5.37. The molecule has 0 amide bonds. The Hall–Kier alpha value is -1.92. The highest BCUT2D eigenvalue weighted by Crippen LogP contribution is 2.31. The van der Waals surface area contributed by atoms with Gasteiger partial charge in [-0.2, -0.15) is 0 Å². The van der Waals surface area contributed by atoms with Crippen LogP contribution in [-0.4, -0.2) is 11.2 Å². The third-order valence-corrected chi connectivity index (χ3v) is 3.19. The van der Waals surface area contributed by atoms with Crippen molar-refractivity contribution in [1.29, 1.82) is 0 Å². The normalized spacial score (nSPS) is 10.1. The summed E-state index contributed by atoms with van der Waals surface area (Å²) < 4.78 is 6.02. The van der Waals surface area contributed by atoms with Gasteiger partial charge in [0.05, 0.1) is 16.0 Å². The number of halogens is 2. The zero-order chi connectivity index (χ0) is 14.7. The minimum absolute atomic E-state index is 0.0926. The summed E-state index contributed by atoms with van der Waals surface area (Å²) in [6, 6.07) is 8.80. The number of ether oxygens (including phenoxy) is 1. The monoisotopic (exact) mass is 355 g/mol. The van der Waals surface area contributed by atoms with Crippen LogP contribution in [0.15, 0.2) is 40.9 Å². The third-order valence-electron chi connectivity index (χ3n) is 2.40. The van der Waals surface area contributed by atoms with Crippen molar-refractivity contribution in [2.45, 2.75) is 0 Å². The predicted octanol–water partition coefficient (Wildman–Crippen LogP) is 4.62. The number of nitro groups is 1. The molecule has 20 heavy (non-hydrogen) atoms. The first-order valence-corrected chi connectivity index (χ1v) is 6.54. The molecular weight excluding hydrogens is 350 g/mol. The largest absolute Gasteiger partial charge is 0.457 e. The zero-order valence-corrected chi connectivity index (χ0v) is 12.2. The molecule has 7 heteroatoms. The van der Waals surface area contributed by atoms with E-state index in [2.05, 4.69) is 15.9 Å². The second-order valence-electron chi connectivity index (χ2n) is 3.81. The van der Waals surface area contributed by atoms with Crippen LogP contribution in [0.2, 0.25) is 5.02 Å². The van der Waals surface area contributed by atoms with Crippen LogP contribution >= 0.6 is 27.5 Å². The summed E-state index contributed by atoms with van der Waals surface area (Å²) in [5, 5.41) is 11.0. The fourth-order valence-electron chi connectivity index (χ4n) is 1.52. The van der Waals surface area contributed by atoms with Crippen LogP contribution in [-0.2, 0) is 0 Å². The van der Waals surface area contributed by atoms with Gasteiger partial charge in [0.15, 0.2) is 6.29 Å². The molecule has 0 N–H and O–H groups in total. The standard InChI is InChI=1S/C13H7BrClNO4/c14-9-3-10(16(18)19)5-12(4-9)20-11-2-1-8(7-17)13(15)6-11/h1-7H. The summed E-state index contributed by atoms with van der Waals surface area (Å²) in [7, 11) is 0.